The number of carbonyl (C=O) groups is 1. The van der Waals surface area contributed by atoms with Gasteiger partial charge in [0.1, 0.15) is 5.82 Å². The van der Waals surface area contributed by atoms with Crippen LogP contribution in [-0.4, -0.2) is 20.0 Å². The zero-order chi connectivity index (χ0) is 14.7. The molecule has 0 aliphatic rings. The van der Waals surface area contributed by atoms with E-state index < -0.39 is 5.82 Å². The quantitative estimate of drug-likeness (QED) is 0.845. The molecule has 0 saturated carbocycles. The number of nitrogens with one attached hydrogen (secondary N) is 1. The van der Waals surface area contributed by atoms with E-state index in [2.05, 4.69) is 5.32 Å². The van der Waals surface area contributed by atoms with Gasteiger partial charge in [-0.05, 0) is 42.5 Å². The number of rotatable bonds is 3. The molecule has 5 heteroatoms. The van der Waals surface area contributed by atoms with Crippen LogP contribution in [-0.2, 0) is 0 Å². The maximum Gasteiger partial charge on any atom is 0.255 e. The summed E-state index contributed by atoms with van der Waals surface area (Å²) >= 11 is 0. The Hall–Kier alpha value is -2.56. The number of anilines is 3. The zero-order valence-corrected chi connectivity index (χ0v) is 11.4. The fraction of sp³-hybridized carbons (Fsp3) is 0.133. The van der Waals surface area contributed by atoms with Crippen LogP contribution in [0, 0.1) is 5.82 Å². The third-order valence-electron chi connectivity index (χ3n) is 2.91. The molecule has 1 amide bonds. The molecule has 2 rings (SSSR count). The summed E-state index contributed by atoms with van der Waals surface area (Å²) in [7, 11) is 3.85. The highest BCUT2D eigenvalue weighted by Crippen LogP contribution is 2.20. The van der Waals surface area contributed by atoms with Crippen LogP contribution in [0.25, 0.3) is 0 Å². The summed E-state index contributed by atoms with van der Waals surface area (Å²) in [6.07, 6.45) is 0. The predicted molar refractivity (Wildman–Crippen MR) is 79.5 cm³/mol. The van der Waals surface area contributed by atoms with Gasteiger partial charge in [-0.15, -0.1) is 0 Å². The second kappa shape index (κ2) is 5.61. The lowest BCUT2D eigenvalue weighted by Gasteiger charge is -2.13. The Morgan fingerprint density at radius 1 is 1.15 bits per heavy atom. The maximum atomic E-state index is 12.9. The molecule has 4 nitrogen and oxygen atoms in total. The highest BCUT2D eigenvalue weighted by atomic mass is 19.1. The second-order valence-electron chi connectivity index (χ2n) is 4.63. The lowest BCUT2D eigenvalue weighted by molar-refractivity contribution is 0.102. The lowest BCUT2D eigenvalue weighted by Crippen LogP contribution is -2.14. The summed E-state index contributed by atoms with van der Waals surface area (Å²) < 4.78 is 12.9. The summed E-state index contributed by atoms with van der Waals surface area (Å²) in [4.78, 5) is 14.0. The van der Waals surface area contributed by atoms with Crippen molar-refractivity contribution in [1.82, 2.24) is 0 Å². The average Bonchev–Trinajstić information content (AvgIpc) is 2.42. The van der Waals surface area contributed by atoms with Gasteiger partial charge in [0.05, 0.1) is 11.4 Å². The van der Waals surface area contributed by atoms with Crippen molar-refractivity contribution in [2.24, 2.45) is 0 Å². The Bertz CT molecular complexity index is 624. The molecule has 2 aromatic rings. The van der Waals surface area contributed by atoms with E-state index in [0.29, 0.717) is 11.3 Å². The summed E-state index contributed by atoms with van der Waals surface area (Å²) in [5, 5.41) is 2.66. The first-order valence-electron chi connectivity index (χ1n) is 6.11. The number of nitrogens with zero attached hydrogens (tertiary/aromatic N) is 1. The van der Waals surface area contributed by atoms with Gasteiger partial charge in [0.2, 0.25) is 0 Å². The van der Waals surface area contributed by atoms with Crippen LogP contribution >= 0.6 is 0 Å². The first kappa shape index (κ1) is 13.9. The number of nitrogen functional groups attached to an aromatic ring is 1. The molecular weight excluding hydrogens is 257 g/mol. The van der Waals surface area contributed by atoms with Gasteiger partial charge >= 0.3 is 0 Å². The summed E-state index contributed by atoms with van der Waals surface area (Å²) in [5.41, 5.74) is 7.76. The van der Waals surface area contributed by atoms with Crippen LogP contribution in [0.4, 0.5) is 21.5 Å². The SMILES string of the molecule is CN(C)c1ccc(C(=O)Nc2ccc(F)cc2N)cc1. The maximum absolute atomic E-state index is 12.9. The molecule has 0 saturated heterocycles. The lowest BCUT2D eigenvalue weighted by atomic mass is 10.1. The van der Waals surface area contributed by atoms with E-state index in [1.54, 1.807) is 12.1 Å². The first-order chi connectivity index (χ1) is 9.47. The molecule has 2 aromatic carbocycles. The van der Waals surface area contributed by atoms with Crippen molar-refractivity contribution in [3.05, 3.63) is 53.8 Å². The van der Waals surface area contributed by atoms with Gasteiger partial charge in [0, 0.05) is 25.3 Å². The number of hydrogen-bond donors (Lipinski definition) is 2. The minimum atomic E-state index is -0.434. The molecule has 0 bridgehead atoms. The number of nitrogens with two attached hydrogens (primary N) is 1. The fourth-order valence-electron chi connectivity index (χ4n) is 1.75. The molecule has 0 fully saturated rings. The van der Waals surface area contributed by atoms with Crippen molar-refractivity contribution >= 4 is 23.0 Å². The molecule has 3 N–H and O–H groups in total. The molecule has 104 valence electrons. The van der Waals surface area contributed by atoms with Gasteiger partial charge in [-0.25, -0.2) is 4.39 Å². The van der Waals surface area contributed by atoms with Crippen LogP contribution in [0.3, 0.4) is 0 Å². The summed E-state index contributed by atoms with van der Waals surface area (Å²) in [6.45, 7) is 0. The summed E-state index contributed by atoms with van der Waals surface area (Å²) in [5.74, 6) is -0.718. The van der Waals surface area contributed by atoms with Gasteiger partial charge in [0.25, 0.3) is 5.91 Å². The molecule has 0 unspecified atom stereocenters. The summed E-state index contributed by atoms with van der Waals surface area (Å²) in [6, 6.07) is 11.0. The number of hydrogen-bond acceptors (Lipinski definition) is 3. The standard InChI is InChI=1S/C15H16FN3O/c1-19(2)12-6-3-10(4-7-12)15(20)18-14-8-5-11(16)9-13(14)17/h3-9H,17H2,1-2H3,(H,18,20). The van der Waals surface area contributed by atoms with Crippen molar-refractivity contribution in [2.45, 2.75) is 0 Å². The minimum Gasteiger partial charge on any atom is -0.397 e. The average molecular weight is 273 g/mol. The predicted octanol–water partition coefficient (Wildman–Crippen LogP) is 2.73. The number of amides is 1. The molecule has 20 heavy (non-hydrogen) atoms. The van der Waals surface area contributed by atoms with E-state index in [4.69, 9.17) is 5.73 Å². The highest BCUT2D eigenvalue weighted by molar-refractivity contribution is 6.05. The van der Waals surface area contributed by atoms with Crippen LogP contribution in [0.15, 0.2) is 42.5 Å². The molecular formula is C15H16FN3O. The van der Waals surface area contributed by atoms with Crippen molar-refractivity contribution < 1.29 is 9.18 Å². The number of carbonyl (C=O) groups excluding carboxylic acids is 1. The van der Waals surface area contributed by atoms with Gasteiger partial charge in [-0.1, -0.05) is 0 Å². The third-order valence-corrected chi connectivity index (χ3v) is 2.91. The van der Waals surface area contributed by atoms with Crippen molar-refractivity contribution in [1.29, 1.82) is 0 Å². The third kappa shape index (κ3) is 3.06. The first-order valence-corrected chi connectivity index (χ1v) is 6.11. The van der Waals surface area contributed by atoms with Gasteiger partial charge in [-0.3, -0.25) is 4.79 Å². The molecule has 0 aliphatic carbocycles. The molecule has 0 spiro atoms. The van der Waals surface area contributed by atoms with E-state index in [9.17, 15) is 9.18 Å². The van der Waals surface area contributed by atoms with E-state index in [1.165, 1.54) is 18.2 Å². The van der Waals surface area contributed by atoms with Crippen molar-refractivity contribution in [3.63, 3.8) is 0 Å². The van der Waals surface area contributed by atoms with Crippen LogP contribution in [0.1, 0.15) is 10.4 Å². The van der Waals surface area contributed by atoms with Crippen LogP contribution < -0.4 is 16.0 Å². The minimum absolute atomic E-state index is 0.197. The largest absolute Gasteiger partial charge is 0.397 e. The molecule has 0 radical (unpaired) electrons. The Morgan fingerprint density at radius 2 is 1.80 bits per heavy atom. The molecule has 0 heterocycles. The Kier molecular flexibility index (Phi) is 3.89. The second-order valence-corrected chi connectivity index (χ2v) is 4.63. The van der Waals surface area contributed by atoms with Gasteiger partial charge in [0.15, 0.2) is 0 Å². The fourth-order valence-corrected chi connectivity index (χ4v) is 1.75. The van der Waals surface area contributed by atoms with E-state index >= 15 is 0 Å². The highest BCUT2D eigenvalue weighted by Gasteiger charge is 2.09. The van der Waals surface area contributed by atoms with Gasteiger partial charge < -0.3 is 16.0 Å². The monoisotopic (exact) mass is 273 g/mol. The Balaban J connectivity index is 2.15. The molecule has 0 aromatic heterocycles. The number of benzene rings is 2. The Labute approximate surface area is 117 Å². The zero-order valence-electron chi connectivity index (χ0n) is 11.4. The smallest absolute Gasteiger partial charge is 0.255 e. The van der Waals surface area contributed by atoms with Gasteiger partial charge in [-0.2, -0.15) is 0 Å². The Morgan fingerprint density at radius 3 is 2.35 bits per heavy atom. The molecule has 0 atom stereocenters. The number of halogens is 1. The molecule has 0 aliphatic heterocycles. The van der Waals surface area contributed by atoms with Crippen LogP contribution in [0.5, 0.6) is 0 Å². The van der Waals surface area contributed by atoms with E-state index in [-0.39, 0.29) is 11.6 Å². The van der Waals surface area contributed by atoms with Crippen molar-refractivity contribution in [3.8, 4) is 0 Å². The van der Waals surface area contributed by atoms with Crippen molar-refractivity contribution in [2.75, 3.05) is 30.0 Å². The van der Waals surface area contributed by atoms with E-state index in [1.807, 2.05) is 31.1 Å². The van der Waals surface area contributed by atoms with Crippen LogP contribution in [0.2, 0.25) is 0 Å². The normalized spacial score (nSPS) is 10.2. The topological polar surface area (TPSA) is 58.4 Å². The van der Waals surface area contributed by atoms with E-state index in [0.717, 1.165) is 5.69 Å².